The van der Waals surface area contributed by atoms with Crippen molar-refractivity contribution in [3.8, 4) is 0 Å². The van der Waals surface area contributed by atoms with Gasteiger partial charge in [-0.25, -0.2) is 0 Å². The molecule has 3 rings (SSSR count). The second-order valence-electron chi connectivity index (χ2n) is 8.93. The second kappa shape index (κ2) is 10.0. The van der Waals surface area contributed by atoms with Gasteiger partial charge >= 0.3 is 0 Å². The highest BCUT2D eigenvalue weighted by molar-refractivity contribution is 7.80. The van der Waals surface area contributed by atoms with E-state index in [0.29, 0.717) is 5.25 Å². The molecule has 3 atom stereocenters. The average molecular weight is 359 g/mol. The van der Waals surface area contributed by atoms with Crippen LogP contribution in [0.1, 0.15) is 94.8 Å². The summed E-state index contributed by atoms with van der Waals surface area (Å²) in [6.45, 7) is 2.56. The van der Waals surface area contributed by atoms with Crippen molar-refractivity contribution in [2.45, 2.75) is 89.2 Å². The zero-order valence-corrected chi connectivity index (χ0v) is 17.1. The molecule has 0 nitrogen and oxygen atoms in total. The lowest BCUT2D eigenvalue weighted by molar-refractivity contribution is 0.161. The van der Waals surface area contributed by atoms with Crippen LogP contribution in [0.2, 0.25) is 0 Å². The zero-order chi connectivity index (χ0) is 17.5. The van der Waals surface area contributed by atoms with E-state index in [4.69, 9.17) is 12.6 Å². The molecule has 2 fully saturated rings. The molecule has 2 aliphatic carbocycles. The molecule has 0 heterocycles. The van der Waals surface area contributed by atoms with Crippen molar-refractivity contribution >= 4 is 12.6 Å². The summed E-state index contributed by atoms with van der Waals surface area (Å²) in [4.78, 5) is 0. The van der Waals surface area contributed by atoms with Crippen LogP contribution in [0.4, 0.5) is 0 Å². The molecule has 2 aliphatic rings. The summed E-state index contributed by atoms with van der Waals surface area (Å²) >= 11 is 5.03. The van der Waals surface area contributed by atoms with Crippen LogP contribution in [0.15, 0.2) is 30.3 Å². The van der Waals surface area contributed by atoms with E-state index >= 15 is 0 Å². The van der Waals surface area contributed by atoms with Crippen LogP contribution < -0.4 is 0 Å². The highest BCUT2D eigenvalue weighted by Crippen LogP contribution is 2.42. The normalized spacial score (nSPS) is 23.9. The molecule has 25 heavy (non-hydrogen) atoms. The molecule has 0 saturated heterocycles. The molecule has 2 saturated carbocycles. The maximum Gasteiger partial charge on any atom is 0.0269 e. The predicted octanol–water partition coefficient (Wildman–Crippen LogP) is 7.85. The van der Waals surface area contributed by atoms with Gasteiger partial charge in [0.25, 0.3) is 0 Å². The van der Waals surface area contributed by atoms with Crippen LogP contribution in [0.25, 0.3) is 0 Å². The summed E-state index contributed by atoms with van der Waals surface area (Å²) in [6, 6.07) is 11.0. The number of hydrogen-bond acceptors (Lipinski definition) is 1. The van der Waals surface area contributed by atoms with Gasteiger partial charge in [-0.3, -0.25) is 0 Å². The Kier molecular flexibility index (Phi) is 7.77. The van der Waals surface area contributed by atoms with Gasteiger partial charge in [0, 0.05) is 5.25 Å². The fourth-order valence-corrected chi connectivity index (χ4v) is 6.00. The van der Waals surface area contributed by atoms with Crippen molar-refractivity contribution in [1.82, 2.24) is 0 Å². The van der Waals surface area contributed by atoms with Crippen molar-refractivity contribution < 1.29 is 0 Å². The van der Waals surface area contributed by atoms with E-state index in [9.17, 15) is 0 Å². The van der Waals surface area contributed by atoms with Crippen LogP contribution in [0.3, 0.4) is 0 Å². The van der Waals surface area contributed by atoms with Gasteiger partial charge in [0.2, 0.25) is 0 Å². The first-order valence-corrected chi connectivity index (χ1v) is 11.5. The first-order chi connectivity index (χ1) is 12.2. The summed E-state index contributed by atoms with van der Waals surface area (Å²) in [7, 11) is 0. The predicted molar refractivity (Wildman–Crippen MR) is 113 cm³/mol. The summed E-state index contributed by atoms with van der Waals surface area (Å²) in [5.41, 5.74) is 1.41. The van der Waals surface area contributed by atoms with Gasteiger partial charge < -0.3 is 0 Å². The van der Waals surface area contributed by atoms with E-state index in [1.54, 1.807) is 0 Å². The Morgan fingerprint density at radius 2 is 1.36 bits per heavy atom. The summed E-state index contributed by atoms with van der Waals surface area (Å²) < 4.78 is 0. The SMILES string of the molecule is CC(C[C@@H](CC(S)c1ccccc1)C1CCCCC1)C1CCCCC1. The van der Waals surface area contributed by atoms with Gasteiger partial charge in [-0.15, -0.1) is 0 Å². The topological polar surface area (TPSA) is 0 Å². The molecule has 0 N–H and O–H groups in total. The number of benzene rings is 1. The van der Waals surface area contributed by atoms with Gasteiger partial charge in [-0.1, -0.05) is 101 Å². The van der Waals surface area contributed by atoms with Gasteiger partial charge in [-0.2, -0.15) is 12.6 Å². The highest BCUT2D eigenvalue weighted by Gasteiger charge is 2.30. The minimum absolute atomic E-state index is 0.409. The molecular weight excluding hydrogens is 320 g/mol. The number of hydrogen-bond donors (Lipinski definition) is 1. The van der Waals surface area contributed by atoms with E-state index in [2.05, 4.69) is 37.3 Å². The van der Waals surface area contributed by atoms with Crippen LogP contribution in [-0.4, -0.2) is 0 Å². The monoisotopic (exact) mass is 358 g/mol. The quantitative estimate of drug-likeness (QED) is 0.471. The van der Waals surface area contributed by atoms with Crippen LogP contribution in [-0.2, 0) is 0 Å². The third kappa shape index (κ3) is 5.78. The fourth-order valence-electron chi connectivity index (χ4n) is 5.56. The van der Waals surface area contributed by atoms with E-state index in [-0.39, 0.29) is 0 Å². The van der Waals surface area contributed by atoms with E-state index in [0.717, 1.165) is 23.7 Å². The molecule has 0 spiro atoms. The molecule has 140 valence electrons. The summed E-state index contributed by atoms with van der Waals surface area (Å²) in [5.74, 6) is 3.73. The van der Waals surface area contributed by atoms with Gasteiger partial charge in [0.1, 0.15) is 0 Å². The van der Waals surface area contributed by atoms with Crippen LogP contribution in [0.5, 0.6) is 0 Å². The molecule has 2 unspecified atom stereocenters. The lowest BCUT2D eigenvalue weighted by atomic mass is 9.70. The van der Waals surface area contributed by atoms with Crippen molar-refractivity contribution in [3.63, 3.8) is 0 Å². The Balaban J connectivity index is 1.63. The Morgan fingerprint density at radius 1 is 0.800 bits per heavy atom. The highest BCUT2D eigenvalue weighted by atomic mass is 32.1. The van der Waals surface area contributed by atoms with Crippen LogP contribution in [0, 0.1) is 23.7 Å². The molecule has 0 aromatic heterocycles. The van der Waals surface area contributed by atoms with Crippen molar-refractivity contribution in [1.29, 1.82) is 0 Å². The second-order valence-corrected chi connectivity index (χ2v) is 9.55. The Labute approximate surface area is 161 Å². The lowest BCUT2D eigenvalue weighted by Crippen LogP contribution is -2.25. The zero-order valence-electron chi connectivity index (χ0n) is 16.2. The average Bonchev–Trinajstić information content (AvgIpc) is 2.69. The van der Waals surface area contributed by atoms with Crippen LogP contribution >= 0.6 is 12.6 Å². The minimum Gasteiger partial charge on any atom is -0.171 e. The molecule has 1 heteroatoms. The molecule has 1 aromatic carbocycles. The summed E-state index contributed by atoms with van der Waals surface area (Å²) in [6.07, 6.45) is 17.4. The fraction of sp³-hybridized carbons (Fsp3) is 0.750. The van der Waals surface area contributed by atoms with Gasteiger partial charge in [0.05, 0.1) is 0 Å². The first kappa shape index (κ1) is 19.3. The Bertz CT molecular complexity index is 470. The number of thiol groups is 1. The Hall–Kier alpha value is -0.430. The number of rotatable bonds is 7. The van der Waals surface area contributed by atoms with Gasteiger partial charge in [0.15, 0.2) is 0 Å². The lowest BCUT2D eigenvalue weighted by Gasteiger charge is -2.36. The standard InChI is InChI=1S/C24H38S/c1-19(20-11-5-2-6-12-20)17-23(21-13-7-3-8-14-21)18-24(25)22-15-9-4-10-16-22/h4,9-10,15-16,19-21,23-25H,2-3,5-8,11-14,17-18H2,1H3/t19?,23-,24?/m0/s1. The molecule has 0 amide bonds. The van der Waals surface area contributed by atoms with Crippen molar-refractivity contribution in [2.24, 2.45) is 23.7 Å². The smallest absolute Gasteiger partial charge is 0.0269 e. The maximum atomic E-state index is 5.03. The molecular formula is C24H38S. The third-order valence-corrected chi connectivity index (χ3v) is 7.66. The summed E-state index contributed by atoms with van der Waals surface area (Å²) in [5, 5.41) is 0.409. The van der Waals surface area contributed by atoms with E-state index in [1.165, 1.54) is 82.6 Å². The van der Waals surface area contributed by atoms with Crippen molar-refractivity contribution in [2.75, 3.05) is 0 Å². The molecule has 1 aromatic rings. The van der Waals surface area contributed by atoms with E-state index in [1.807, 2.05) is 0 Å². The van der Waals surface area contributed by atoms with Gasteiger partial charge in [-0.05, 0) is 42.1 Å². The Morgan fingerprint density at radius 3 is 1.96 bits per heavy atom. The molecule has 0 aliphatic heterocycles. The largest absolute Gasteiger partial charge is 0.171 e. The first-order valence-electron chi connectivity index (χ1n) is 11.0. The molecule has 0 bridgehead atoms. The van der Waals surface area contributed by atoms with E-state index < -0.39 is 0 Å². The van der Waals surface area contributed by atoms with Crippen molar-refractivity contribution in [3.05, 3.63) is 35.9 Å². The minimum atomic E-state index is 0.409. The molecule has 0 radical (unpaired) electrons. The third-order valence-electron chi connectivity index (χ3n) is 7.16. The maximum absolute atomic E-state index is 5.03.